The number of carbonyl (C=O) groups excluding carboxylic acids is 2. The minimum Gasteiger partial charge on any atom is -0.339 e. The Morgan fingerprint density at radius 2 is 1.50 bits per heavy atom. The molecule has 1 fully saturated rings. The summed E-state index contributed by atoms with van der Waals surface area (Å²) in [7, 11) is -3.34. The fraction of sp³-hybridized carbons (Fsp3) is 0.556. The molecular weight excluding hydrogens is 354 g/mol. The van der Waals surface area contributed by atoms with Gasteiger partial charge < -0.3 is 9.80 Å². The monoisotopic (exact) mass is 381 g/mol. The quantitative estimate of drug-likeness (QED) is 0.861. The van der Waals surface area contributed by atoms with Crippen molar-refractivity contribution in [2.75, 3.05) is 37.2 Å². The maximum atomic E-state index is 12.6. The van der Waals surface area contributed by atoms with E-state index in [9.17, 15) is 18.0 Å². The van der Waals surface area contributed by atoms with Crippen molar-refractivity contribution in [3.05, 3.63) is 29.8 Å². The van der Waals surface area contributed by atoms with Crippen LogP contribution in [0.5, 0.6) is 0 Å². The van der Waals surface area contributed by atoms with Gasteiger partial charge in [0.15, 0.2) is 0 Å². The molecule has 2 amide bonds. The molecule has 0 saturated carbocycles. The van der Waals surface area contributed by atoms with Crippen molar-refractivity contribution < 1.29 is 18.0 Å². The zero-order valence-electron chi connectivity index (χ0n) is 15.8. The predicted molar refractivity (Wildman–Crippen MR) is 101 cm³/mol. The van der Waals surface area contributed by atoms with Crippen molar-refractivity contribution in [3.63, 3.8) is 0 Å². The Morgan fingerprint density at radius 3 is 1.96 bits per heavy atom. The lowest BCUT2D eigenvalue weighted by Gasteiger charge is -2.36. The number of sulfonamides is 1. The molecule has 0 aliphatic carbocycles. The maximum absolute atomic E-state index is 12.6. The molecule has 1 aromatic rings. The fourth-order valence-corrected chi connectivity index (χ4v) is 3.37. The smallest absolute Gasteiger partial charge is 0.253 e. The summed E-state index contributed by atoms with van der Waals surface area (Å²) in [4.78, 5) is 28.4. The Bertz CT molecular complexity index is 759. The molecule has 1 N–H and O–H groups in total. The molecule has 7 nitrogen and oxygen atoms in total. The molecule has 0 radical (unpaired) electrons. The highest BCUT2D eigenvalue weighted by Gasteiger charge is 2.27. The molecule has 0 atom stereocenters. The van der Waals surface area contributed by atoms with Gasteiger partial charge in [0.25, 0.3) is 5.91 Å². The van der Waals surface area contributed by atoms with Crippen molar-refractivity contribution in [1.29, 1.82) is 0 Å². The van der Waals surface area contributed by atoms with Crippen LogP contribution in [0.25, 0.3) is 0 Å². The Morgan fingerprint density at radius 1 is 1.00 bits per heavy atom. The van der Waals surface area contributed by atoms with Crippen molar-refractivity contribution in [2.45, 2.75) is 27.2 Å². The third-order valence-electron chi connectivity index (χ3n) is 4.04. The lowest BCUT2D eigenvalue weighted by atomic mass is 9.91. The number of amides is 2. The average molecular weight is 381 g/mol. The molecule has 26 heavy (non-hydrogen) atoms. The summed E-state index contributed by atoms with van der Waals surface area (Å²) < 4.78 is 24.8. The Labute approximate surface area is 155 Å². The van der Waals surface area contributed by atoms with Crippen molar-refractivity contribution >= 4 is 27.5 Å². The number of nitrogens with zero attached hydrogens (tertiary/aromatic N) is 2. The Hall–Kier alpha value is -2.09. The summed E-state index contributed by atoms with van der Waals surface area (Å²) in [5.74, 6) is 0.0135. The standard InChI is InChI=1S/C18H27N3O4S/c1-18(2,3)13-16(22)20-9-11-21(12-10-20)17(23)14-5-7-15(8-6-14)19-26(4,24)25/h5-8,19H,9-13H2,1-4H3. The number of anilines is 1. The molecule has 0 unspecified atom stereocenters. The largest absolute Gasteiger partial charge is 0.339 e. The first-order valence-corrected chi connectivity index (χ1v) is 10.5. The van der Waals surface area contributed by atoms with Crippen LogP contribution in [-0.4, -0.2) is 62.5 Å². The van der Waals surface area contributed by atoms with Crippen molar-refractivity contribution in [3.8, 4) is 0 Å². The molecule has 1 aliphatic rings. The number of nitrogens with one attached hydrogen (secondary N) is 1. The first-order valence-electron chi connectivity index (χ1n) is 8.59. The molecule has 1 aromatic carbocycles. The number of piperazine rings is 1. The number of hydrogen-bond acceptors (Lipinski definition) is 4. The van der Waals surface area contributed by atoms with E-state index < -0.39 is 10.0 Å². The summed E-state index contributed by atoms with van der Waals surface area (Å²) in [5, 5.41) is 0. The van der Waals surface area contributed by atoms with E-state index in [0.29, 0.717) is 43.9 Å². The van der Waals surface area contributed by atoms with E-state index >= 15 is 0 Å². The van der Waals surface area contributed by atoms with E-state index in [1.54, 1.807) is 29.2 Å². The van der Waals surface area contributed by atoms with E-state index in [4.69, 9.17) is 0 Å². The van der Waals surface area contributed by atoms with Gasteiger partial charge in [-0.2, -0.15) is 0 Å². The first-order chi connectivity index (χ1) is 11.9. The summed E-state index contributed by atoms with van der Waals surface area (Å²) in [6.07, 6.45) is 1.57. The van der Waals surface area contributed by atoms with Gasteiger partial charge in [-0.15, -0.1) is 0 Å². The molecule has 1 aliphatic heterocycles. The van der Waals surface area contributed by atoms with Crippen LogP contribution in [0.4, 0.5) is 5.69 Å². The molecule has 0 aromatic heterocycles. The van der Waals surface area contributed by atoms with E-state index in [0.717, 1.165) is 6.26 Å². The summed E-state index contributed by atoms with van der Waals surface area (Å²) in [6.45, 7) is 8.17. The summed E-state index contributed by atoms with van der Waals surface area (Å²) in [6, 6.07) is 6.34. The van der Waals surface area contributed by atoms with Gasteiger partial charge in [0.1, 0.15) is 0 Å². The molecule has 0 bridgehead atoms. The first kappa shape index (κ1) is 20.2. The van der Waals surface area contributed by atoms with Crippen LogP contribution in [-0.2, 0) is 14.8 Å². The molecule has 0 spiro atoms. The fourth-order valence-electron chi connectivity index (χ4n) is 2.80. The van der Waals surface area contributed by atoms with Gasteiger partial charge >= 0.3 is 0 Å². The third kappa shape index (κ3) is 6.01. The van der Waals surface area contributed by atoms with Gasteiger partial charge in [0.05, 0.1) is 6.26 Å². The van der Waals surface area contributed by atoms with Gasteiger partial charge in [-0.05, 0) is 29.7 Å². The highest BCUT2D eigenvalue weighted by Crippen LogP contribution is 2.21. The minimum atomic E-state index is -3.34. The van der Waals surface area contributed by atoms with E-state index in [1.165, 1.54) is 0 Å². The van der Waals surface area contributed by atoms with Crippen molar-refractivity contribution in [2.24, 2.45) is 5.41 Å². The molecule has 2 rings (SSSR count). The Balaban J connectivity index is 1.93. The van der Waals surface area contributed by atoms with Crippen LogP contribution >= 0.6 is 0 Å². The lowest BCUT2D eigenvalue weighted by Crippen LogP contribution is -2.51. The topological polar surface area (TPSA) is 86.8 Å². The maximum Gasteiger partial charge on any atom is 0.253 e. The predicted octanol–water partition coefficient (Wildman–Crippen LogP) is 1.78. The van der Waals surface area contributed by atoms with Crippen LogP contribution in [0.1, 0.15) is 37.6 Å². The third-order valence-corrected chi connectivity index (χ3v) is 4.64. The van der Waals surface area contributed by atoms with E-state index in [1.807, 2.05) is 25.7 Å². The highest BCUT2D eigenvalue weighted by molar-refractivity contribution is 7.92. The average Bonchev–Trinajstić information content (AvgIpc) is 2.52. The molecule has 1 saturated heterocycles. The molecule has 8 heteroatoms. The minimum absolute atomic E-state index is 0.0498. The second-order valence-corrected chi connectivity index (χ2v) is 9.61. The zero-order valence-corrected chi connectivity index (χ0v) is 16.6. The summed E-state index contributed by atoms with van der Waals surface area (Å²) >= 11 is 0. The number of hydrogen-bond donors (Lipinski definition) is 1. The number of benzene rings is 1. The van der Waals surface area contributed by atoms with Crippen molar-refractivity contribution in [1.82, 2.24) is 9.80 Å². The zero-order chi connectivity index (χ0) is 19.5. The van der Waals surface area contributed by atoms with Crippen LogP contribution in [0.2, 0.25) is 0 Å². The SMILES string of the molecule is CC(C)(C)CC(=O)N1CCN(C(=O)c2ccc(NS(C)(=O)=O)cc2)CC1. The van der Waals surface area contributed by atoms with Crippen LogP contribution < -0.4 is 4.72 Å². The summed E-state index contributed by atoms with van der Waals surface area (Å²) in [5.41, 5.74) is 0.867. The van der Waals surface area contributed by atoms with Gasteiger partial charge in [-0.25, -0.2) is 8.42 Å². The number of carbonyl (C=O) groups is 2. The highest BCUT2D eigenvalue weighted by atomic mass is 32.2. The van der Waals surface area contributed by atoms with E-state index in [2.05, 4.69) is 4.72 Å². The van der Waals surface area contributed by atoms with Crippen LogP contribution in [0.3, 0.4) is 0 Å². The van der Waals surface area contributed by atoms with Gasteiger partial charge in [-0.3, -0.25) is 14.3 Å². The number of rotatable bonds is 4. The normalized spacial score (nSPS) is 15.7. The molecule has 1 heterocycles. The second kappa shape index (κ2) is 7.65. The van der Waals surface area contributed by atoms with Gasteiger partial charge in [0, 0.05) is 43.9 Å². The van der Waals surface area contributed by atoms with Crippen LogP contribution in [0.15, 0.2) is 24.3 Å². The van der Waals surface area contributed by atoms with Crippen LogP contribution in [0, 0.1) is 5.41 Å². The van der Waals surface area contributed by atoms with Gasteiger partial charge in [-0.1, -0.05) is 20.8 Å². The molecular formula is C18H27N3O4S. The van der Waals surface area contributed by atoms with Gasteiger partial charge in [0.2, 0.25) is 15.9 Å². The second-order valence-electron chi connectivity index (χ2n) is 7.86. The lowest BCUT2D eigenvalue weighted by molar-refractivity contribution is -0.134. The Kier molecular flexibility index (Phi) is 5.95. The molecule has 144 valence electrons. The van der Waals surface area contributed by atoms with E-state index in [-0.39, 0.29) is 17.2 Å².